The summed E-state index contributed by atoms with van der Waals surface area (Å²) in [5.74, 6) is -0.151. The van der Waals surface area contributed by atoms with Crippen molar-refractivity contribution in [3.8, 4) is 0 Å². The Morgan fingerprint density at radius 3 is 2.35 bits per heavy atom. The van der Waals surface area contributed by atoms with Gasteiger partial charge in [-0.15, -0.1) is 0 Å². The maximum atomic E-state index is 11.7. The molecular formula is C13H14N2O4S. The number of hydrogen-bond donors (Lipinski definition) is 1. The lowest BCUT2D eigenvalue weighted by Crippen LogP contribution is -2.24. The molecule has 0 saturated heterocycles. The summed E-state index contributed by atoms with van der Waals surface area (Å²) in [5, 5.41) is 2.65. The summed E-state index contributed by atoms with van der Waals surface area (Å²) < 4.78 is 28.9. The fourth-order valence-corrected chi connectivity index (χ4v) is 2.05. The second kappa shape index (κ2) is 5.38. The van der Waals surface area contributed by atoms with E-state index in [1.54, 1.807) is 36.4 Å². The van der Waals surface area contributed by atoms with Crippen LogP contribution in [0.4, 0.5) is 11.4 Å². The van der Waals surface area contributed by atoms with E-state index in [9.17, 15) is 13.2 Å². The standard InChI is InChI=1S/C13H14N2O4S/c1-15(20(2,17)18)11-7-5-10(6-8-11)14-13(16)12-4-3-9-19-12/h3-9H,1-2H3,(H,14,16). The van der Waals surface area contributed by atoms with Crippen molar-refractivity contribution < 1.29 is 17.6 Å². The molecule has 2 rings (SSSR count). The van der Waals surface area contributed by atoms with Gasteiger partial charge in [-0.05, 0) is 36.4 Å². The molecule has 6 nitrogen and oxygen atoms in total. The van der Waals surface area contributed by atoms with Gasteiger partial charge in [-0.3, -0.25) is 9.10 Å². The third-order valence-corrected chi connectivity index (χ3v) is 3.94. The minimum Gasteiger partial charge on any atom is -0.459 e. The molecule has 1 heterocycles. The zero-order valence-corrected chi connectivity index (χ0v) is 11.8. The number of rotatable bonds is 4. The lowest BCUT2D eigenvalue weighted by molar-refractivity contribution is 0.0996. The van der Waals surface area contributed by atoms with E-state index in [1.807, 2.05) is 0 Å². The molecule has 0 aliphatic carbocycles. The Balaban J connectivity index is 2.11. The van der Waals surface area contributed by atoms with Crippen LogP contribution in [0.2, 0.25) is 0 Å². The van der Waals surface area contributed by atoms with Gasteiger partial charge in [-0.2, -0.15) is 0 Å². The average Bonchev–Trinajstić information content (AvgIpc) is 2.91. The zero-order chi connectivity index (χ0) is 14.8. The number of furan rings is 1. The number of carbonyl (C=O) groups is 1. The van der Waals surface area contributed by atoms with Gasteiger partial charge in [0.1, 0.15) is 0 Å². The van der Waals surface area contributed by atoms with Crippen LogP contribution in [0, 0.1) is 0 Å². The molecule has 1 aromatic heterocycles. The normalized spacial score (nSPS) is 11.1. The van der Waals surface area contributed by atoms with E-state index in [4.69, 9.17) is 4.42 Å². The van der Waals surface area contributed by atoms with Gasteiger partial charge >= 0.3 is 0 Å². The molecule has 106 valence electrons. The smallest absolute Gasteiger partial charge is 0.291 e. The van der Waals surface area contributed by atoms with Crippen LogP contribution in [0.1, 0.15) is 10.6 Å². The minimum absolute atomic E-state index is 0.210. The quantitative estimate of drug-likeness (QED) is 0.934. The first-order chi connectivity index (χ1) is 9.38. The van der Waals surface area contributed by atoms with Gasteiger partial charge in [0.15, 0.2) is 5.76 Å². The SMILES string of the molecule is CN(c1ccc(NC(=O)c2ccco2)cc1)S(C)(=O)=O. The third kappa shape index (κ3) is 3.18. The number of nitrogens with one attached hydrogen (secondary N) is 1. The highest BCUT2D eigenvalue weighted by Gasteiger charge is 2.12. The monoisotopic (exact) mass is 294 g/mol. The molecule has 1 N–H and O–H groups in total. The zero-order valence-electron chi connectivity index (χ0n) is 11.0. The van der Waals surface area contributed by atoms with Crippen molar-refractivity contribution in [1.82, 2.24) is 0 Å². The molecule has 7 heteroatoms. The van der Waals surface area contributed by atoms with Crippen molar-refractivity contribution in [3.63, 3.8) is 0 Å². The second-order valence-electron chi connectivity index (χ2n) is 4.21. The first kappa shape index (κ1) is 14.1. The largest absolute Gasteiger partial charge is 0.459 e. The third-order valence-electron chi connectivity index (χ3n) is 2.73. The lowest BCUT2D eigenvalue weighted by atomic mass is 10.2. The summed E-state index contributed by atoms with van der Waals surface area (Å²) in [6.07, 6.45) is 2.54. The molecule has 0 fully saturated rings. The Hall–Kier alpha value is -2.28. The van der Waals surface area contributed by atoms with Crippen molar-refractivity contribution in [3.05, 3.63) is 48.4 Å². The first-order valence-corrected chi connectivity index (χ1v) is 7.61. The predicted molar refractivity (Wildman–Crippen MR) is 76.4 cm³/mol. The fourth-order valence-electron chi connectivity index (χ4n) is 1.55. The van der Waals surface area contributed by atoms with Crippen LogP contribution in [0.3, 0.4) is 0 Å². The highest BCUT2D eigenvalue weighted by Crippen LogP contribution is 2.19. The molecule has 0 aliphatic heterocycles. The number of sulfonamides is 1. The van der Waals surface area contributed by atoms with E-state index < -0.39 is 10.0 Å². The number of carbonyl (C=O) groups excluding carboxylic acids is 1. The molecule has 0 aliphatic rings. The molecule has 0 saturated carbocycles. The Kier molecular flexibility index (Phi) is 3.80. The average molecular weight is 294 g/mol. The topological polar surface area (TPSA) is 79.6 Å². The molecule has 0 bridgehead atoms. The highest BCUT2D eigenvalue weighted by atomic mass is 32.2. The minimum atomic E-state index is -3.30. The Bertz CT molecular complexity index is 690. The molecule has 20 heavy (non-hydrogen) atoms. The summed E-state index contributed by atoms with van der Waals surface area (Å²) in [5.41, 5.74) is 1.07. The van der Waals surface area contributed by atoms with Crippen LogP contribution in [0.15, 0.2) is 47.1 Å². The van der Waals surface area contributed by atoms with Crippen LogP contribution < -0.4 is 9.62 Å². The van der Waals surface area contributed by atoms with E-state index >= 15 is 0 Å². The van der Waals surface area contributed by atoms with E-state index in [1.165, 1.54) is 13.3 Å². The fraction of sp³-hybridized carbons (Fsp3) is 0.154. The number of hydrogen-bond acceptors (Lipinski definition) is 4. The molecule has 1 aromatic carbocycles. The van der Waals surface area contributed by atoms with Crippen molar-refractivity contribution in [2.24, 2.45) is 0 Å². The molecule has 2 aromatic rings. The van der Waals surface area contributed by atoms with Gasteiger partial charge < -0.3 is 9.73 Å². The molecule has 0 atom stereocenters. The van der Waals surface area contributed by atoms with E-state index in [0.717, 1.165) is 10.6 Å². The summed E-state index contributed by atoms with van der Waals surface area (Å²) in [7, 11) is -1.83. The van der Waals surface area contributed by atoms with Crippen molar-refractivity contribution in [2.45, 2.75) is 0 Å². The van der Waals surface area contributed by atoms with Gasteiger partial charge in [0.2, 0.25) is 10.0 Å². The van der Waals surface area contributed by atoms with Crippen LogP contribution in [0.5, 0.6) is 0 Å². The maximum Gasteiger partial charge on any atom is 0.291 e. The Morgan fingerprint density at radius 2 is 1.85 bits per heavy atom. The second-order valence-corrected chi connectivity index (χ2v) is 6.22. The van der Waals surface area contributed by atoms with E-state index in [0.29, 0.717) is 11.4 Å². The van der Waals surface area contributed by atoms with Crippen molar-refractivity contribution >= 4 is 27.3 Å². The van der Waals surface area contributed by atoms with Gasteiger partial charge in [-0.1, -0.05) is 0 Å². The number of anilines is 2. The van der Waals surface area contributed by atoms with Crippen molar-refractivity contribution in [1.29, 1.82) is 0 Å². The van der Waals surface area contributed by atoms with Crippen LogP contribution in [0.25, 0.3) is 0 Å². The van der Waals surface area contributed by atoms with Crippen molar-refractivity contribution in [2.75, 3.05) is 22.9 Å². The molecule has 0 radical (unpaired) electrons. The molecule has 1 amide bonds. The molecule has 0 spiro atoms. The molecule has 0 unspecified atom stereocenters. The van der Waals surface area contributed by atoms with E-state index in [2.05, 4.69) is 5.32 Å². The number of benzene rings is 1. The van der Waals surface area contributed by atoms with Crippen LogP contribution >= 0.6 is 0 Å². The summed E-state index contributed by atoms with van der Waals surface area (Å²) >= 11 is 0. The Labute approximate surface area is 117 Å². The predicted octanol–water partition coefficient (Wildman–Crippen LogP) is 1.93. The number of amides is 1. The first-order valence-electron chi connectivity index (χ1n) is 5.77. The summed E-state index contributed by atoms with van der Waals surface area (Å²) in [6.45, 7) is 0. The van der Waals surface area contributed by atoms with Crippen LogP contribution in [-0.2, 0) is 10.0 Å². The maximum absolute atomic E-state index is 11.7. The summed E-state index contributed by atoms with van der Waals surface area (Å²) in [4.78, 5) is 11.7. The van der Waals surface area contributed by atoms with Crippen LogP contribution in [-0.4, -0.2) is 27.6 Å². The number of nitrogens with zero attached hydrogens (tertiary/aromatic N) is 1. The van der Waals surface area contributed by atoms with Gasteiger partial charge in [0, 0.05) is 12.7 Å². The highest BCUT2D eigenvalue weighted by molar-refractivity contribution is 7.92. The lowest BCUT2D eigenvalue weighted by Gasteiger charge is -2.16. The molecular weight excluding hydrogens is 280 g/mol. The van der Waals surface area contributed by atoms with Gasteiger partial charge in [0.05, 0.1) is 18.2 Å². The van der Waals surface area contributed by atoms with Gasteiger partial charge in [0.25, 0.3) is 5.91 Å². The van der Waals surface area contributed by atoms with E-state index in [-0.39, 0.29) is 11.7 Å². The Morgan fingerprint density at radius 1 is 1.20 bits per heavy atom. The van der Waals surface area contributed by atoms with Gasteiger partial charge in [-0.25, -0.2) is 8.42 Å². The summed E-state index contributed by atoms with van der Waals surface area (Å²) in [6, 6.07) is 9.65.